The van der Waals surface area contributed by atoms with Gasteiger partial charge in [0.2, 0.25) is 0 Å². The predicted octanol–water partition coefficient (Wildman–Crippen LogP) is 33.2. The van der Waals surface area contributed by atoms with Crippen LogP contribution in [0.4, 0.5) is 0 Å². The summed E-state index contributed by atoms with van der Waals surface area (Å²) in [5, 5.41) is 0. The zero-order valence-electron chi connectivity index (χ0n) is 78.9. The Balaban J connectivity index is 0.000000210. The smallest absolute Gasteiger partial charge is 0.127 e. The highest BCUT2D eigenvalue weighted by Gasteiger charge is 2.54. The quantitative estimate of drug-likeness (QED) is 0.0458. The molecule has 0 radical (unpaired) electrons. The highest BCUT2D eigenvalue weighted by molar-refractivity contribution is 5.99. The SMILES string of the molecule is C/C=C/c1cc(OCC(CC)CCCC)c(/C=C/c2cc(OCC(CC)CCCC)c(C)cc2-c2ccc3c(c2)C2(c4ccccc4-3)c3cc(C(C)(C)C)ccc3-c3ccc(C(C)(C)C)cc32)cc1OC.C/C=C/c1cc(OCC(CC)CCCC)c(C)cc1-c1ccc2c(c1)C1(c3ccccc3-2)c2cc(C(C)(C)C)ccc2-c2ccc(C(C)(C)C)cc21. The fourth-order valence-electron chi connectivity index (χ4n) is 20.1. The minimum atomic E-state index is -0.498. The van der Waals surface area contributed by atoms with Crippen molar-refractivity contribution in [1.82, 2.24) is 0 Å². The average molecular weight is 1630 g/mol. The largest absolute Gasteiger partial charge is 0.496 e. The average Bonchev–Trinajstić information content (AvgIpc) is 1.51. The van der Waals surface area contributed by atoms with Gasteiger partial charge >= 0.3 is 0 Å². The van der Waals surface area contributed by atoms with Gasteiger partial charge in [0.15, 0.2) is 0 Å². The van der Waals surface area contributed by atoms with Gasteiger partial charge in [0.25, 0.3) is 0 Å². The van der Waals surface area contributed by atoms with Gasteiger partial charge in [-0.3, -0.25) is 0 Å². The van der Waals surface area contributed by atoms with Crippen molar-refractivity contribution in [2.45, 2.75) is 262 Å². The van der Waals surface area contributed by atoms with Gasteiger partial charge in [0.05, 0.1) is 37.8 Å². The summed E-state index contributed by atoms with van der Waals surface area (Å²) in [6.07, 6.45) is 27.3. The number of unbranched alkanes of at least 4 members (excludes halogenated alkanes) is 3. The number of benzene rings is 11. The number of ether oxygens (including phenoxy) is 4. The van der Waals surface area contributed by atoms with Crippen LogP contribution in [0.3, 0.4) is 0 Å². The lowest BCUT2D eigenvalue weighted by Crippen LogP contribution is -2.27. The first-order chi connectivity index (χ1) is 58.9. The fraction of sp³-hybridized carbons (Fsp3) is 0.395. The molecule has 4 heteroatoms. The molecule has 0 aliphatic heterocycles. The van der Waals surface area contributed by atoms with Crippen LogP contribution >= 0.6 is 0 Å². The maximum Gasteiger partial charge on any atom is 0.127 e. The molecule has 3 atom stereocenters. The van der Waals surface area contributed by atoms with Crippen LogP contribution in [-0.4, -0.2) is 26.9 Å². The number of rotatable bonds is 28. The predicted molar refractivity (Wildman–Crippen MR) is 528 cm³/mol. The van der Waals surface area contributed by atoms with Crippen molar-refractivity contribution in [1.29, 1.82) is 0 Å². The van der Waals surface area contributed by atoms with Crippen molar-refractivity contribution >= 4 is 24.3 Å². The Hall–Kier alpha value is -10.2. The molecule has 4 nitrogen and oxygen atoms in total. The summed E-state index contributed by atoms with van der Waals surface area (Å²) >= 11 is 0. The van der Waals surface area contributed by atoms with Crippen molar-refractivity contribution in [3.63, 3.8) is 0 Å². The first-order valence-electron chi connectivity index (χ1n) is 46.9. The van der Waals surface area contributed by atoms with Crippen LogP contribution in [0, 0.1) is 31.6 Å². The van der Waals surface area contributed by atoms with Crippen LogP contribution in [0.15, 0.2) is 206 Å². The van der Waals surface area contributed by atoms with Gasteiger partial charge in [-0.05, 0) is 291 Å². The molecule has 11 aromatic rings. The van der Waals surface area contributed by atoms with E-state index in [-0.39, 0.29) is 21.7 Å². The number of methoxy groups -OCH3 is 1. The van der Waals surface area contributed by atoms with E-state index < -0.39 is 10.8 Å². The Labute approximate surface area is 741 Å². The number of hydrogen-bond donors (Lipinski definition) is 0. The lowest BCUT2D eigenvalue weighted by Gasteiger charge is -2.33. The third-order valence-electron chi connectivity index (χ3n) is 27.7. The molecule has 4 aliphatic rings. The Morgan fingerprint density at radius 1 is 0.293 bits per heavy atom. The highest BCUT2D eigenvalue weighted by Crippen LogP contribution is 2.66. The van der Waals surface area contributed by atoms with E-state index >= 15 is 0 Å². The summed E-state index contributed by atoms with van der Waals surface area (Å²) < 4.78 is 26.3. The lowest BCUT2D eigenvalue weighted by molar-refractivity contribution is 0.232. The van der Waals surface area contributed by atoms with Gasteiger partial charge in [0, 0.05) is 11.1 Å². The molecule has 0 heterocycles. The van der Waals surface area contributed by atoms with Gasteiger partial charge in [0.1, 0.15) is 23.0 Å². The number of fused-ring (bicyclic) bond motifs is 20. The van der Waals surface area contributed by atoms with E-state index in [4.69, 9.17) is 18.9 Å². The van der Waals surface area contributed by atoms with Gasteiger partial charge in [-0.2, -0.15) is 0 Å². The Kier molecular flexibility index (Phi) is 26.5. The van der Waals surface area contributed by atoms with E-state index in [0.29, 0.717) is 31.0 Å². The van der Waals surface area contributed by atoms with E-state index in [9.17, 15) is 0 Å². The molecule has 3 unspecified atom stereocenters. The summed E-state index contributed by atoms with van der Waals surface area (Å²) in [5.74, 6) is 5.24. The molecule has 0 amide bonds. The van der Waals surface area contributed by atoms with Crippen molar-refractivity contribution in [2.24, 2.45) is 17.8 Å². The van der Waals surface area contributed by atoms with Gasteiger partial charge < -0.3 is 18.9 Å². The van der Waals surface area contributed by atoms with Crippen LogP contribution in [0.25, 0.3) is 91.1 Å². The zero-order chi connectivity index (χ0) is 87.7. The van der Waals surface area contributed by atoms with Gasteiger partial charge in [-0.25, -0.2) is 0 Å². The van der Waals surface area contributed by atoms with Crippen LogP contribution in [-0.2, 0) is 32.5 Å². The molecule has 0 saturated carbocycles. The Bertz CT molecular complexity index is 5650. The molecule has 0 aromatic heterocycles. The molecular formula is C119H140O4. The minimum absolute atomic E-state index is 0.0190. The van der Waals surface area contributed by atoms with Crippen LogP contribution in [0.5, 0.6) is 23.0 Å². The van der Waals surface area contributed by atoms with Gasteiger partial charge in [-0.15, -0.1) is 0 Å². The second-order valence-corrected chi connectivity index (χ2v) is 40.2. The second-order valence-electron chi connectivity index (χ2n) is 40.2. The first-order valence-corrected chi connectivity index (χ1v) is 46.9. The van der Waals surface area contributed by atoms with Crippen LogP contribution in [0.2, 0.25) is 0 Å². The molecule has 0 saturated heterocycles. The molecule has 0 N–H and O–H groups in total. The van der Waals surface area contributed by atoms with E-state index in [1.165, 1.54) is 202 Å². The Morgan fingerprint density at radius 3 is 0.911 bits per heavy atom. The fourth-order valence-corrected chi connectivity index (χ4v) is 20.1. The van der Waals surface area contributed by atoms with E-state index in [2.05, 4.69) is 376 Å². The molecule has 2 spiro atoms. The molecular weight excluding hydrogens is 1490 g/mol. The summed E-state index contributed by atoms with van der Waals surface area (Å²) in [6, 6.07) is 75.8. The van der Waals surface area contributed by atoms with Crippen molar-refractivity contribution < 1.29 is 18.9 Å². The maximum atomic E-state index is 6.84. The van der Waals surface area contributed by atoms with E-state index in [1.54, 1.807) is 7.11 Å². The van der Waals surface area contributed by atoms with E-state index in [0.717, 1.165) is 71.1 Å². The molecule has 4 aliphatic carbocycles. The summed E-state index contributed by atoms with van der Waals surface area (Å²) in [4.78, 5) is 0. The summed E-state index contributed by atoms with van der Waals surface area (Å²) in [7, 11) is 1.76. The number of aryl methyl sites for hydroxylation is 2. The van der Waals surface area contributed by atoms with Gasteiger partial charge in [-0.1, -0.05) is 364 Å². The third-order valence-corrected chi connectivity index (χ3v) is 27.7. The zero-order valence-corrected chi connectivity index (χ0v) is 78.9. The molecule has 15 rings (SSSR count). The Morgan fingerprint density at radius 2 is 0.577 bits per heavy atom. The molecule has 0 fully saturated rings. The summed E-state index contributed by atoms with van der Waals surface area (Å²) in [6.45, 7) is 52.5. The number of allylic oxidation sites excluding steroid dienone is 2. The molecule has 123 heavy (non-hydrogen) atoms. The van der Waals surface area contributed by atoms with Crippen molar-refractivity contribution in [2.75, 3.05) is 26.9 Å². The lowest BCUT2D eigenvalue weighted by atomic mass is 9.68. The standard InChI is InChI=1S/C68H82O3.C51H58O/c1-14-19-24-46(17-4)43-70-63-38-49(28-29-51-39-64(69-13)50(23-16-3)40-65(51)71-44-47(18-5)25-20-15-2)58(36-45(63)6)48-30-33-55-54-26-21-22-27-59(54)68(60(55)37-48)61-41-52(66(7,8)9)31-34-56(61)57-35-32-53(42-62(57)68)67(10,11)12;1-11-14-18-34(13-3)32-52-48-29-35(17-12-2)43(27-33(48)4)36-21-24-40-39-19-15-16-20-44(39)51(45(40)28-36)46-30-37(49(5,6)7)22-25-41(46)42-26-23-38(31-47(42)51)50(8,9)10/h16,21-23,26-42,46-47H,14-15,17-20,24-25,43-44H2,1-13H3;12,15-17,19-31,34H,11,13-14,18,32H2,1-10H3/b23-16+,29-28+;17-12+. The highest BCUT2D eigenvalue weighted by atomic mass is 16.5. The van der Waals surface area contributed by atoms with Crippen molar-refractivity contribution in [3.05, 3.63) is 306 Å². The first kappa shape index (κ1) is 89.1. The number of hydrogen-bond acceptors (Lipinski definition) is 4. The maximum absolute atomic E-state index is 6.84. The summed E-state index contributed by atoms with van der Waals surface area (Å²) in [5.41, 5.74) is 37.8. The molecule has 640 valence electrons. The molecule has 11 aromatic carbocycles. The van der Waals surface area contributed by atoms with E-state index in [1.807, 2.05) is 6.92 Å². The minimum Gasteiger partial charge on any atom is -0.496 e. The van der Waals surface area contributed by atoms with Crippen LogP contribution in [0.1, 0.15) is 316 Å². The third kappa shape index (κ3) is 17.2. The second kappa shape index (κ2) is 36.6. The van der Waals surface area contributed by atoms with Crippen molar-refractivity contribution in [3.8, 4) is 89.8 Å². The topological polar surface area (TPSA) is 36.9 Å². The van der Waals surface area contributed by atoms with Crippen LogP contribution < -0.4 is 18.9 Å². The normalized spacial score (nSPS) is 14.6. The molecule has 0 bridgehead atoms. The monoisotopic (exact) mass is 1630 g/mol.